The van der Waals surface area contributed by atoms with Crippen molar-refractivity contribution in [1.82, 2.24) is 5.32 Å². The number of rotatable bonds is 8. The van der Waals surface area contributed by atoms with Crippen LogP contribution >= 0.6 is 0 Å². The summed E-state index contributed by atoms with van der Waals surface area (Å²) in [5, 5.41) is 5.33. The van der Waals surface area contributed by atoms with Crippen molar-refractivity contribution in [3.05, 3.63) is 24.3 Å². The number of carbonyl (C=O) groups is 2. The molecular weight excluding hydrogens is 318 g/mol. The van der Waals surface area contributed by atoms with Crippen molar-refractivity contribution >= 4 is 33.2 Å². The van der Waals surface area contributed by atoms with Crippen molar-refractivity contribution in [2.24, 2.45) is 0 Å². The summed E-state index contributed by atoms with van der Waals surface area (Å²) in [4.78, 5) is 22.7. The minimum Gasteiger partial charge on any atom is -0.356 e. The Balaban J connectivity index is 2.82. The number of nitrogens with zero attached hydrogens (tertiary/aromatic N) is 1. The topological polar surface area (TPSA) is 95.6 Å². The van der Waals surface area contributed by atoms with Gasteiger partial charge in [-0.05, 0) is 30.7 Å². The zero-order valence-corrected chi connectivity index (χ0v) is 14.4. The lowest BCUT2D eigenvalue weighted by Gasteiger charge is -2.22. The number of anilines is 2. The average Bonchev–Trinajstić information content (AvgIpc) is 2.45. The molecular formula is C15H23N3O4S. The largest absolute Gasteiger partial charge is 0.356 e. The van der Waals surface area contributed by atoms with Crippen LogP contribution in [0.1, 0.15) is 26.7 Å². The second-order valence-electron chi connectivity index (χ2n) is 5.16. The van der Waals surface area contributed by atoms with E-state index in [1.165, 1.54) is 11.2 Å². The van der Waals surface area contributed by atoms with Gasteiger partial charge in [-0.25, -0.2) is 8.42 Å². The molecule has 2 N–H and O–H groups in total. The van der Waals surface area contributed by atoms with E-state index in [2.05, 4.69) is 10.6 Å². The Morgan fingerprint density at radius 3 is 2.26 bits per heavy atom. The molecule has 0 heterocycles. The fourth-order valence-corrected chi connectivity index (χ4v) is 2.88. The van der Waals surface area contributed by atoms with Crippen LogP contribution in [-0.4, -0.2) is 39.6 Å². The fourth-order valence-electron chi connectivity index (χ4n) is 1.96. The van der Waals surface area contributed by atoms with Crippen molar-refractivity contribution in [3.63, 3.8) is 0 Å². The molecule has 23 heavy (non-hydrogen) atoms. The van der Waals surface area contributed by atoms with Gasteiger partial charge in [0.05, 0.1) is 11.9 Å². The van der Waals surface area contributed by atoms with Gasteiger partial charge in [-0.2, -0.15) is 0 Å². The predicted molar refractivity (Wildman–Crippen MR) is 90.9 cm³/mol. The van der Waals surface area contributed by atoms with Gasteiger partial charge < -0.3 is 10.6 Å². The summed E-state index contributed by atoms with van der Waals surface area (Å²) in [7, 11) is -3.50. The SMILES string of the molecule is CCCNC(=O)CCN(c1ccc(NC(C)=O)cc1)S(C)(=O)=O. The first-order valence-corrected chi connectivity index (χ1v) is 9.21. The Morgan fingerprint density at radius 1 is 1.17 bits per heavy atom. The van der Waals surface area contributed by atoms with E-state index < -0.39 is 10.0 Å². The van der Waals surface area contributed by atoms with Crippen LogP contribution in [0.15, 0.2) is 24.3 Å². The highest BCUT2D eigenvalue weighted by atomic mass is 32.2. The summed E-state index contributed by atoms with van der Waals surface area (Å²) in [5.74, 6) is -0.388. The van der Waals surface area contributed by atoms with Crippen LogP contribution in [0, 0.1) is 0 Å². The van der Waals surface area contributed by atoms with Gasteiger partial charge in [0.1, 0.15) is 0 Å². The molecule has 0 aliphatic rings. The molecule has 0 radical (unpaired) electrons. The molecule has 2 amide bonds. The molecule has 1 aromatic rings. The molecule has 8 heteroatoms. The average molecular weight is 341 g/mol. The Bertz CT molecular complexity index is 641. The zero-order chi connectivity index (χ0) is 17.5. The molecule has 0 bridgehead atoms. The van der Waals surface area contributed by atoms with E-state index in [4.69, 9.17) is 0 Å². The highest BCUT2D eigenvalue weighted by Crippen LogP contribution is 2.20. The smallest absolute Gasteiger partial charge is 0.232 e. The van der Waals surface area contributed by atoms with Crippen LogP contribution in [-0.2, 0) is 19.6 Å². The first-order chi connectivity index (χ1) is 10.7. The second-order valence-corrected chi connectivity index (χ2v) is 7.07. The third-order valence-corrected chi connectivity index (χ3v) is 4.18. The summed E-state index contributed by atoms with van der Waals surface area (Å²) < 4.78 is 25.1. The summed E-state index contributed by atoms with van der Waals surface area (Å²) in [6, 6.07) is 6.42. The molecule has 0 fully saturated rings. The van der Waals surface area contributed by atoms with E-state index in [1.54, 1.807) is 24.3 Å². The minimum atomic E-state index is -3.50. The van der Waals surface area contributed by atoms with Gasteiger partial charge in [0, 0.05) is 32.1 Å². The van der Waals surface area contributed by atoms with Crippen molar-refractivity contribution < 1.29 is 18.0 Å². The van der Waals surface area contributed by atoms with Crippen molar-refractivity contribution in [3.8, 4) is 0 Å². The van der Waals surface area contributed by atoms with Crippen LogP contribution in [0.3, 0.4) is 0 Å². The van der Waals surface area contributed by atoms with Gasteiger partial charge in [-0.1, -0.05) is 6.92 Å². The molecule has 0 aliphatic heterocycles. The number of nitrogens with one attached hydrogen (secondary N) is 2. The van der Waals surface area contributed by atoms with E-state index in [9.17, 15) is 18.0 Å². The number of amides is 2. The van der Waals surface area contributed by atoms with Crippen LogP contribution in [0.25, 0.3) is 0 Å². The Hall–Kier alpha value is -2.09. The third-order valence-electron chi connectivity index (χ3n) is 2.99. The predicted octanol–water partition coefficient (Wildman–Crippen LogP) is 1.33. The van der Waals surface area contributed by atoms with Gasteiger partial charge >= 0.3 is 0 Å². The Labute approximate surface area is 137 Å². The summed E-state index contributed by atoms with van der Waals surface area (Å²) >= 11 is 0. The summed E-state index contributed by atoms with van der Waals surface area (Å²) in [5.41, 5.74) is 1.03. The van der Waals surface area contributed by atoms with E-state index in [-0.39, 0.29) is 24.8 Å². The van der Waals surface area contributed by atoms with E-state index in [1.807, 2.05) is 6.92 Å². The van der Waals surface area contributed by atoms with E-state index >= 15 is 0 Å². The Kier molecular flexibility index (Phi) is 7.02. The van der Waals surface area contributed by atoms with Gasteiger partial charge in [0.15, 0.2) is 0 Å². The Morgan fingerprint density at radius 2 is 1.78 bits per heavy atom. The minimum absolute atomic E-state index is 0.0634. The maximum absolute atomic E-state index is 11.9. The number of carbonyl (C=O) groups excluding carboxylic acids is 2. The van der Waals surface area contributed by atoms with Crippen molar-refractivity contribution in [2.75, 3.05) is 29.0 Å². The third kappa shape index (κ3) is 6.68. The molecule has 1 aromatic carbocycles. The first kappa shape index (κ1) is 19.0. The molecule has 0 aliphatic carbocycles. The molecule has 0 aromatic heterocycles. The van der Waals surface area contributed by atoms with E-state index in [0.717, 1.165) is 12.7 Å². The molecule has 1 rings (SSSR count). The maximum Gasteiger partial charge on any atom is 0.232 e. The van der Waals surface area contributed by atoms with Gasteiger partial charge in [0.25, 0.3) is 0 Å². The van der Waals surface area contributed by atoms with Crippen molar-refractivity contribution in [1.29, 1.82) is 0 Å². The standard InChI is InChI=1S/C15H23N3O4S/c1-4-10-16-15(20)9-11-18(23(3,21)22)14-7-5-13(6-8-14)17-12(2)19/h5-8H,4,9-11H2,1-3H3,(H,16,20)(H,17,19). The lowest BCUT2D eigenvalue weighted by Crippen LogP contribution is -2.34. The quantitative estimate of drug-likeness (QED) is 0.745. The summed E-state index contributed by atoms with van der Waals surface area (Å²) in [6.45, 7) is 3.97. The lowest BCUT2D eigenvalue weighted by atomic mass is 10.2. The van der Waals surface area contributed by atoms with Crippen LogP contribution in [0.4, 0.5) is 11.4 Å². The van der Waals surface area contributed by atoms with Crippen LogP contribution < -0.4 is 14.9 Å². The van der Waals surface area contributed by atoms with Crippen molar-refractivity contribution in [2.45, 2.75) is 26.7 Å². The molecule has 0 unspecified atom stereocenters. The van der Waals surface area contributed by atoms with Crippen LogP contribution in [0.5, 0.6) is 0 Å². The number of sulfonamides is 1. The number of hydrogen-bond acceptors (Lipinski definition) is 4. The second kappa shape index (κ2) is 8.52. The zero-order valence-electron chi connectivity index (χ0n) is 13.6. The van der Waals surface area contributed by atoms with Gasteiger partial charge in [-0.15, -0.1) is 0 Å². The monoisotopic (exact) mass is 341 g/mol. The van der Waals surface area contributed by atoms with Gasteiger partial charge in [0.2, 0.25) is 21.8 Å². The highest BCUT2D eigenvalue weighted by molar-refractivity contribution is 7.92. The summed E-state index contributed by atoms with van der Waals surface area (Å²) in [6.07, 6.45) is 2.01. The molecule has 7 nitrogen and oxygen atoms in total. The maximum atomic E-state index is 11.9. The molecule has 128 valence electrons. The fraction of sp³-hybridized carbons (Fsp3) is 0.467. The normalized spacial score (nSPS) is 10.9. The first-order valence-electron chi connectivity index (χ1n) is 7.36. The lowest BCUT2D eigenvalue weighted by molar-refractivity contribution is -0.120. The molecule has 0 saturated carbocycles. The van der Waals surface area contributed by atoms with Crippen LogP contribution in [0.2, 0.25) is 0 Å². The highest BCUT2D eigenvalue weighted by Gasteiger charge is 2.18. The number of hydrogen-bond donors (Lipinski definition) is 2. The number of benzene rings is 1. The molecule has 0 spiro atoms. The molecule has 0 atom stereocenters. The molecule has 0 saturated heterocycles. The van der Waals surface area contributed by atoms with Gasteiger partial charge in [-0.3, -0.25) is 13.9 Å². The van der Waals surface area contributed by atoms with E-state index in [0.29, 0.717) is 17.9 Å².